The van der Waals surface area contributed by atoms with Crippen molar-refractivity contribution in [1.29, 1.82) is 0 Å². The molecule has 0 saturated carbocycles. The number of benzene rings is 2. The molecule has 0 aliphatic carbocycles. The van der Waals surface area contributed by atoms with Gasteiger partial charge in [-0.1, -0.05) is 0 Å². The van der Waals surface area contributed by atoms with Gasteiger partial charge in [-0.25, -0.2) is 0 Å². The van der Waals surface area contributed by atoms with E-state index in [9.17, 15) is 19.7 Å². The van der Waals surface area contributed by atoms with E-state index in [1.54, 1.807) is 29.2 Å². The number of amides is 2. The number of nitro groups is 1. The number of ether oxygens (including phenoxy) is 2. The first-order valence-electron chi connectivity index (χ1n) is 9.42. The van der Waals surface area contributed by atoms with Gasteiger partial charge in [-0.05, 0) is 36.8 Å². The summed E-state index contributed by atoms with van der Waals surface area (Å²) in [5, 5.41) is 13.9. The number of non-ortho nitro benzene ring substituents is 1. The van der Waals surface area contributed by atoms with E-state index in [1.807, 2.05) is 0 Å². The average molecular weight is 409 g/mol. The average Bonchev–Trinajstić information content (AvgIpc) is 3.18. The molecule has 0 spiro atoms. The number of nitrogens with one attached hydrogen (secondary N) is 1. The van der Waals surface area contributed by atoms with E-state index in [1.165, 1.54) is 24.3 Å². The molecule has 0 bridgehead atoms. The zero-order chi connectivity index (χ0) is 21.1. The Bertz CT molecular complexity index is 1030. The summed E-state index contributed by atoms with van der Waals surface area (Å²) in [6, 6.07) is 9.78. The first-order valence-corrected chi connectivity index (χ1v) is 9.42. The second-order valence-corrected chi connectivity index (χ2v) is 6.91. The van der Waals surface area contributed by atoms with Crippen LogP contribution < -0.4 is 15.0 Å². The first-order chi connectivity index (χ1) is 14.5. The third kappa shape index (κ3) is 4.15. The minimum absolute atomic E-state index is 0.0454. The predicted octanol–water partition coefficient (Wildman–Crippen LogP) is 3.24. The topological polar surface area (TPSA) is 111 Å². The van der Waals surface area contributed by atoms with Crippen LogP contribution in [0.15, 0.2) is 42.5 Å². The predicted molar refractivity (Wildman–Crippen MR) is 109 cm³/mol. The van der Waals surface area contributed by atoms with Crippen molar-refractivity contribution in [3.05, 3.63) is 63.7 Å². The maximum Gasteiger partial charge on any atom is 0.270 e. The van der Waals surface area contributed by atoms with E-state index < -0.39 is 10.8 Å². The summed E-state index contributed by atoms with van der Waals surface area (Å²) in [6.07, 6.45) is 4.17. The molecule has 2 heterocycles. The van der Waals surface area contributed by atoms with Crippen LogP contribution >= 0.6 is 0 Å². The normalized spacial score (nSPS) is 15.7. The molecule has 0 radical (unpaired) electrons. The number of fused-ring (bicyclic) bond motifs is 1. The summed E-state index contributed by atoms with van der Waals surface area (Å²) in [6.45, 7) is 0.952. The summed E-state index contributed by atoms with van der Waals surface area (Å²) < 4.78 is 10.6. The molecule has 2 aromatic rings. The highest BCUT2D eigenvalue weighted by Crippen LogP contribution is 2.33. The van der Waals surface area contributed by atoms with Gasteiger partial charge in [0.15, 0.2) is 6.79 Å². The van der Waals surface area contributed by atoms with Crippen molar-refractivity contribution >= 4 is 35.0 Å². The number of rotatable bonds is 5. The quantitative estimate of drug-likeness (QED) is 0.461. The van der Waals surface area contributed by atoms with Crippen LogP contribution in [-0.2, 0) is 20.9 Å². The molecule has 1 fully saturated rings. The van der Waals surface area contributed by atoms with Gasteiger partial charge in [0.05, 0.1) is 11.5 Å². The molecular weight excluding hydrogens is 390 g/mol. The van der Waals surface area contributed by atoms with Gasteiger partial charge in [-0.15, -0.1) is 0 Å². The van der Waals surface area contributed by atoms with Gasteiger partial charge in [0.2, 0.25) is 11.8 Å². The number of carbonyl (C=O) groups is 2. The largest absolute Gasteiger partial charge is 0.467 e. The number of hydrogen-bond acceptors (Lipinski definition) is 6. The molecule has 30 heavy (non-hydrogen) atoms. The van der Waals surface area contributed by atoms with E-state index in [0.717, 1.165) is 12.1 Å². The maximum atomic E-state index is 12.3. The van der Waals surface area contributed by atoms with Crippen LogP contribution in [0.25, 0.3) is 6.08 Å². The van der Waals surface area contributed by atoms with Gasteiger partial charge in [0, 0.05) is 53.7 Å². The fourth-order valence-electron chi connectivity index (χ4n) is 3.46. The maximum absolute atomic E-state index is 12.3. The van der Waals surface area contributed by atoms with Crippen molar-refractivity contribution in [1.82, 2.24) is 0 Å². The smallest absolute Gasteiger partial charge is 0.270 e. The Hall–Kier alpha value is -3.72. The molecule has 2 aliphatic heterocycles. The Balaban J connectivity index is 1.47. The third-order valence-electron chi connectivity index (χ3n) is 4.87. The van der Waals surface area contributed by atoms with E-state index in [2.05, 4.69) is 5.32 Å². The Labute approximate surface area is 172 Å². The summed E-state index contributed by atoms with van der Waals surface area (Å²) in [4.78, 5) is 36.5. The Kier molecular flexibility index (Phi) is 5.44. The molecule has 2 aromatic carbocycles. The summed E-state index contributed by atoms with van der Waals surface area (Å²) in [5.74, 6) is 0.172. The number of nitrogens with zero attached hydrogens (tertiary/aromatic N) is 2. The van der Waals surface area contributed by atoms with Crippen LogP contribution in [0, 0.1) is 10.1 Å². The van der Waals surface area contributed by atoms with Crippen molar-refractivity contribution in [2.24, 2.45) is 0 Å². The standard InChI is InChI=1S/C21H19N3O6/c25-19(22-16-4-6-17(7-5-16)23-9-1-2-20(23)26)8-3-14-10-18(24(27)28)11-15-12-29-13-30-21(14)15/h3-8,10-11H,1-2,9,12-13H2,(H,22,25)/b8-3+. The summed E-state index contributed by atoms with van der Waals surface area (Å²) in [7, 11) is 0. The monoisotopic (exact) mass is 409 g/mol. The van der Waals surface area contributed by atoms with Gasteiger partial charge >= 0.3 is 0 Å². The van der Waals surface area contributed by atoms with Crippen molar-refractivity contribution in [2.45, 2.75) is 19.4 Å². The van der Waals surface area contributed by atoms with Crippen LogP contribution in [0.5, 0.6) is 5.75 Å². The third-order valence-corrected chi connectivity index (χ3v) is 4.87. The van der Waals surface area contributed by atoms with Crippen molar-refractivity contribution < 1.29 is 24.0 Å². The van der Waals surface area contributed by atoms with E-state index in [4.69, 9.17) is 9.47 Å². The lowest BCUT2D eigenvalue weighted by Gasteiger charge is -2.19. The van der Waals surface area contributed by atoms with Crippen LogP contribution in [0.1, 0.15) is 24.0 Å². The lowest BCUT2D eigenvalue weighted by molar-refractivity contribution is -0.385. The van der Waals surface area contributed by atoms with Crippen molar-refractivity contribution in [2.75, 3.05) is 23.6 Å². The van der Waals surface area contributed by atoms with Gasteiger partial charge in [-0.3, -0.25) is 19.7 Å². The van der Waals surface area contributed by atoms with Crippen molar-refractivity contribution in [3.8, 4) is 5.75 Å². The molecule has 2 amide bonds. The van der Waals surface area contributed by atoms with E-state index in [0.29, 0.717) is 35.5 Å². The summed E-state index contributed by atoms with van der Waals surface area (Å²) >= 11 is 0. The minimum atomic E-state index is -0.501. The number of carbonyl (C=O) groups excluding carboxylic acids is 2. The van der Waals surface area contributed by atoms with Gasteiger partial charge in [-0.2, -0.15) is 0 Å². The second-order valence-electron chi connectivity index (χ2n) is 6.91. The van der Waals surface area contributed by atoms with Gasteiger partial charge < -0.3 is 19.7 Å². The van der Waals surface area contributed by atoms with Crippen LogP contribution in [0.2, 0.25) is 0 Å². The van der Waals surface area contributed by atoms with E-state index >= 15 is 0 Å². The zero-order valence-electron chi connectivity index (χ0n) is 16.0. The molecule has 9 nitrogen and oxygen atoms in total. The second kappa shape index (κ2) is 8.34. The zero-order valence-corrected chi connectivity index (χ0v) is 16.0. The van der Waals surface area contributed by atoms with Crippen molar-refractivity contribution in [3.63, 3.8) is 0 Å². The molecule has 2 aliphatic rings. The number of hydrogen-bond donors (Lipinski definition) is 1. The molecule has 9 heteroatoms. The fraction of sp³-hybridized carbons (Fsp3) is 0.238. The highest BCUT2D eigenvalue weighted by molar-refractivity contribution is 6.02. The lowest BCUT2D eigenvalue weighted by Crippen LogP contribution is -2.23. The van der Waals surface area contributed by atoms with Crippen LogP contribution in [-0.4, -0.2) is 30.1 Å². The molecule has 4 rings (SSSR count). The number of anilines is 2. The van der Waals surface area contributed by atoms with Gasteiger partial charge in [0.25, 0.3) is 5.69 Å². The Morgan fingerprint density at radius 2 is 2.03 bits per heavy atom. The Morgan fingerprint density at radius 3 is 2.73 bits per heavy atom. The first kappa shape index (κ1) is 19.6. The molecule has 1 saturated heterocycles. The minimum Gasteiger partial charge on any atom is -0.467 e. The highest BCUT2D eigenvalue weighted by Gasteiger charge is 2.22. The molecular formula is C21H19N3O6. The highest BCUT2D eigenvalue weighted by atomic mass is 16.7. The summed E-state index contributed by atoms with van der Waals surface area (Å²) in [5.41, 5.74) is 2.26. The molecule has 0 unspecified atom stereocenters. The molecule has 0 atom stereocenters. The lowest BCUT2D eigenvalue weighted by atomic mass is 10.1. The van der Waals surface area contributed by atoms with Crippen LogP contribution in [0.4, 0.5) is 17.1 Å². The SMILES string of the molecule is O=C(/C=C/c1cc([N+](=O)[O-])cc2c1OCOC2)Nc1ccc(N2CCCC2=O)cc1. The number of nitro benzene ring substituents is 1. The van der Waals surface area contributed by atoms with E-state index in [-0.39, 0.29) is 25.0 Å². The fourth-order valence-corrected chi connectivity index (χ4v) is 3.46. The Morgan fingerprint density at radius 1 is 1.23 bits per heavy atom. The molecule has 1 N–H and O–H groups in total. The van der Waals surface area contributed by atoms with Crippen LogP contribution in [0.3, 0.4) is 0 Å². The van der Waals surface area contributed by atoms with Gasteiger partial charge in [0.1, 0.15) is 5.75 Å². The molecule has 154 valence electrons. The molecule has 0 aromatic heterocycles.